The summed E-state index contributed by atoms with van der Waals surface area (Å²) in [7, 11) is 0. The molecule has 5 heteroatoms. The number of aromatic nitrogens is 2. The number of ether oxygens (including phenoxy) is 1. The van der Waals surface area contributed by atoms with E-state index in [0.717, 1.165) is 17.0 Å². The Morgan fingerprint density at radius 1 is 1.37 bits per heavy atom. The second-order valence-electron chi connectivity index (χ2n) is 4.15. The monoisotopic (exact) mass is 260 g/mol. The molecule has 0 aliphatic carbocycles. The first-order valence-corrected chi connectivity index (χ1v) is 6.09. The van der Waals surface area contributed by atoms with Crippen molar-refractivity contribution in [3.8, 4) is 17.0 Å². The van der Waals surface area contributed by atoms with Gasteiger partial charge in [-0.3, -0.25) is 4.79 Å². The molecule has 19 heavy (non-hydrogen) atoms. The van der Waals surface area contributed by atoms with Gasteiger partial charge in [0, 0.05) is 11.8 Å². The summed E-state index contributed by atoms with van der Waals surface area (Å²) in [6.07, 6.45) is 1.75. The van der Waals surface area contributed by atoms with Crippen LogP contribution in [0, 0.1) is 6.92 Å². The van der Waals surface area contributed by atoms with Crippen molar-refractivity contribution in [3.05, 3.63) is 36.3 Å². The molecule has 0 bridgehead atoms. The number of benzene rings is 1. The van der Waals surface area contributed by atoms with Crippen molar-refractivity contribution >= 4 is 5.97 Å². The lowest BCUT2D eigenvalue weighted by molar-refractivity contribution is -0.137. The van der Waals surface area contributed by atoms with E-state index in [-0.39, 0.29) is 6.54 Å². The van der Waals surface area contributed by atoms with Crippen molar-refractivity contribution in [1.82, 2.24) is 9.55 Å². The van der Waals surface area contributed by atoms with E-state index >= 15 is 0 Å². The van der Waals surface area contributed by atoms with Crippen LogP contribution in [-0.4, -0.2) is 27.2 Å². The van der Waals surface area contributed by atoms with Gasteiger partial charge >= 0.3 is 5.97 Å². The van der Waals surface area contributed by atoms with Crippen LogP contribution in [0.15, 0.2) is 30.5 Å². The molecule has 0 fully saturated rings. The molecule has 0 amide bonds. The van der Waals surface area contributed by atoms with Crippen molar-refractivity contribution < 1.29 is 14.6 Å². The van der Waals surface area contributed by atoms with Gasteiger partial charge in [0.05, 0.1) is 12.3 Å². The Bertz CT molecular complexity index is 573. The molecule has 0 unspecified atom stereocenters. The molecular weight excluding hydrogens is 244 g/mol. The number of carbonyl (C=O) groups is 1. The molecule has 0 aliphatic heterocycles. The number of carboxylic acid groups (broad SMARTS) is 1. The summed E-state index contributed by atoms with van der Waals surface area (Å²) in [5.74, 6) is 0.623. The SMILES string of the molecule is CCOc1ccc(-c2cn(CC(=O)O)c(C)n2)cc1. The fraction of sp³-hybridized carbons (Fsp3) is 0.286. The summed E-state index contributed by atoms with van der Waals surface area (Å²) in [5.41, 5.74) is 1.71. The van der Waals surface area contributed by atoms with E-state index in [1.807, 2.05) is 31.2 Å². The van der Waals surface area contributed by atoms with E-state index in [4.69, 9.17) is 9.84 Å². The summed E-state index contributed by atoms with van der Waals surface area (Å²) in [6.45, 7) is 4.29. The third-order valence-electron chi connectivity index (χ3n) is 2.74. The van der Waals surface area contributed by atoms with E-state index in [0.29, 0.717) is 12.4 Å². The molecular formula is C14H16N2O3. The number of aryl methyl sites for hydroxylation is 1. The molecule has 1 aromatic carbocycles. The average molecular weight is 260 g/mol. The van der Waals surface area contributed by atoms with Gasteiger partial charge < -0.3 is 14.4 Å². The molecule has 1 N–H and O–H groups in total. The Morgan fingerprint density at radius 2 is 2.05 bits per heavy atom. The van der Waals surface area contributed by atoms with Crippen LogP contribution in [-0.2, 0) is 11.3 Å². The third-order valence-corrected chi connectivity index (χ3v) is 2.74. The smallest absolute Gasteiger partial charge is 0.323 e. The van der Waals surface area contributed by atoms with Gasteiger partial charge in [-0.25, -0.2) is 4.98 Å². The normalized spacial score (nSPS) is 10.4. The Labute approximate surface area is 111 Å². The molecule has 1 heterocycles. The predicted octanol–water partition coefficient (Wildman–Crippen LogP) is 2.34. The van der Waals surface area contributed by atoms with Crippen molar-refractivity contribution in [3.63, 3.8) is 0 Å². The van der Waals surface area contributed by atoms with Gasteiger partial charge in [0.2, 0.25) is 0 Å². The van der Waals surface area contributed by atoms with Crippen LogP contribution < -0.4 is 4.74 Å². The lowest BCUT2D eigenvalue weighted by Gasteiger charge is -2.03. The van der Waals surface area contributed by atoms with E-state index in [9.17, 15) is 4.79 Å². The number of aliphatic carboxylic acids is 1. The van der Waals surface area contributed by atoms with Crippen LogP contribution in [0.4, 0.5) is 0 Å². The van der Waals surface area contributed by atoms with Crippen molar-refractivity contribution in [1.29, 1.82) is 0 Å². The second-order valence-corrected chi connectivity index (χ2v) is 4.15. The summed E-state index contributed by atoms with van der Waals surface area (Å²) in [6, 6.07) is 7.59. The van der Waals surface area contributed by atoms with Gasteiger partial charge in [-0.2, -0.15) is 0 Å². The zero-order valence-electron chi connectivity index (χ0n) is 11.0. The summed E-state index contributed by atoms with van der Waals surface area (Å²) < 4.78 is 6.99. The van der Waals surface area contributed by atoms with E-state index in [1.54, 1.807) is 17.7 Å². The highest BCUT2D eigenvalue weighted by atomic mass is 16.5. The van der Waals surface area contributed by atoms with Crippen LogP contribution in [0.2, 0.25) is 0 Å². The van der Waals surface area contributed by atoms with Gasteiger partial charge in [0.1, 0.15) is 18.1 Å². The first kappa shape index (κ1) is 13.1. The standard InChI is InChI=1S/C14H16N2O3/c1-3-19-12-6-4-11(5-7-12)13-8-16(9-14(17)18)10(2)15-13/h4-8H,3,9H2,1-2H3,(H,17,18). The first-order valence-electron chi connectivity index (χ1n) is 6.09. The molecule has 0 radical (unpaired) electrons. The Kier molecular flexibility index (Phi) is 3.85. The molecule has 0 saturated heterocycles. The topological polar surface area (TPSA) is 64.3 Å². The van der Waals surface area contributed by atoms with Crippen LogP contribution in [0.5, 0.6) is 5.75 Å². The summed E-state index contributed by atoms with van der Waals surface area (Å²) >= 11 is 0. The molecule has 100 valence electrons. The zero-order chi connectivity index (χ0) is 13.8. The summed E-state index contributed by atoms with van der Waals surface area (Å²) in [4.78, 5) is 15.1. The molecule has 0 aliphatic rings. The minimum atomic E-state index is -0.876. The molecule has 2 rings (SSSR count). The Balaban J connectivity index is 2.24. The maximum Gasteiger partial charge on any atom is 0.323 e. The lowest BCUT2D eigenvalue weighted by atomic mass is 10.2. The van der Waals surface area contributed by atoms with Crippen LogP contribution in [0.25, 0.3) is 11.3 Å². The van der Waals surface area contributed by atoms with Crippen LogP contribution in [0.3, 0.4) is 0 Å². The molecule has 0 saturated carbocycles. The fourth-order valence-electron chi connectivity index (χ4n) is 1.84. The van der Waals surface area contributed by atoms with Gasteiger partial charge in [-0.15, -0.1) is 0 Å². The highest BCUT2D eigenvalue weighted by Crippen LogP contribution is 2.21. The first-order chi connectivity index (χ1) is 9.10. The number of hydrogen-bond donors (Lipinski definition) is 1. The third kappa shape index (κ3) is 3.13. The number of carboxylic acids is 1. The van der Waals surface area contributed by atoms with Gasteiger partial charge in [-0.1, -0.05) is 0 Å². The number of imidazole rings is 1. The van der Waals surface area contributed by atoms with E-state index < -0.39 is 5.97 Å². The zero-order valence-corrected chi connectivity index (χ0v) is 11.0. The predicted molar refractivity (Wildman–Crippen MR) is 71.2 cm³/mol. The second kappa shape index (κ2) is 5.56. The summed E-state index contributed by atoms with van der Waals surface area (Å²) in [5, 5.41) is 8.80. The lowest BCUT2D eigenvalue weighted by Crippen LogP contribution is -2.08. The van der Waals surface area contributed by atoms with Crippen molar-refractivity contribution in [2.75, 3.05) is 6.61 Å². The highest BCUT2D eigenvalue weighted by molar-refractivity contribution is 5.67. The van der Waals surface area contributed by atoms with E-state index in [2.05, 4.69) is 4.98 Å². The maximum atomic E-state index is 10.7. The highest BCUT2D eigenvalue weighted by Gasteiger charge is 2.08. The van der Waals surface area contributed by atoms with Crippen LogP contribution >= 0.6 is 0 Å². The maximum absolute atomic E-state index is 10.7. The van der Waals surface area contributed by atoms with Gasteiger partial charge in [-0.05, 0) is 38.1 Å². The van der Waals surface area contributed by atoms with Crippen molar-refractivity contribution in [2.45, 2.75) is 20.4 Å². The molecule has 1 aromatic heterocycles. The van der Waals surface area contributed by atoms with Crippen molar-refractivity contribution in [2.24, 2.45) is 0 Å². The minimum absolute atomic E-state index is 0.0735. The molecule has 5 nitrogen and oxygen atoms in total. The number of nitrogens with zero attached hydrogens (tertiary/aromatic N) is 2. The van der Waals surface area contributed by atoms with Gasteiger partial charge in [0.25, 0.3) is 0 Å². The average Bonchev–Trinajstić information content (AvgIpc) is 2.71. The van der Waals surface area contributed by atoms with Crippen LogP contribution in [0.1, 0.15) is 12.7 Å². The van der Waals surface area contributed by atoms with Gasteiger partial charge in [0.15, 0.2) is 0 Å². The Hall–Kier alpha value is -2.30. The molecule has 0 spiro atoms. The Morgan fingerprint density at radius 3 is 2.63 bits per heavy atom. The molecule has 0 atom stereocenters. The quantitative estimate of drug-likeness (QED) is 0.896. The number of rotatable bonds is 5. The van der Waals surface area contributed by atoms with E-state index in [1.165, 1.54) is 0 Å². The fourth-order valence-corrected chi connectivity index (χ4v) is 1.84. The number of hydrogen-bond acceptors (Lipinski definition) is 3. The minimum Gasteiger partial charge on any atom is -0.494 e. The molecule has 2 aromatic rings. The largest absolute Gasteiger partial charge is 0.494 e.